The van der Waals surface area contributed by atoms with E-state index in [-0.39, 0.29) is 24.4 Å². The first kappa shape index (κ1) is 24.5. The molecule has 4 aromatic carbocycles. The Morgan fingerprint density at radius 2 is 1.31 bits per heavy atom. The Bertz CT molecular complexity index is 1570. The topological polar surface area (TPSA) is 61.1 Å². The predicted molar refractivity (Wildman–Crippen MR) is 139 cm³/mol. The first-order chi connectivity index (χ1) is 16.6. The van der Waals surface area contributed by atoms with E-state index in [4.69, 9.17) is 0 Å². The summed E-state index contributed by atoms with van der Waals surface area (Å²) in [7, 11) is -3.83. The molecule has 1 heterocycles. The largest absolute Gasteiger partial charge is 0.571 e. The SMILES string of the molecule is O=S(=O)([N-]c1ccc(/C=C\c2ccc(-c3ccccc3)cc2)c2cccnc12)c1ccccc1.[Zn]. The van der Waals surface area contributed by atoms with Crippen LogP contribution in [-0.4, -0.2) is 13.4 Å². The number of nitrogens with zero attached hydrogens (tertiary/aromatic N) is 2. The van der Waals surface area contributed by atoms with Crippen LogP contribution < -0.4 is 0 Å². The molecule has 168 valence electrons. The number of pyridine rings is 1. The number of sulfonamides is 1. The molecule has 6 heteroatoms. The van der Waals surface area contributed by atoms with Gasteiger partial charge in [-0.15, -0.1) is 5.69 Å². The molecule has 0 unspecified atom stereocenters. The Balaban J connectivity index is 0.00000289. The fraction of sp³-hybridized carbons (Fsp3) is 0. The predicted octanol–water partition coefficient (Wildman–Crippen LogP) is 7.46. The standard InChI is InChI=1S/C29H21N2O2S.Zn/c32-34(33,26-10-5-2-6-11-26)31-28-20-19-25(27-12-7-21-30-29(27)28)18-15-22-13-16-24(17-14-22)23-8-3-1-4-9-23;/h1-21H;/q-1;/b18-15-;. The minimum Gasteiger partial charge on any atom is -0.571 e. The van der Waals surface area contributed by atoms with E-state index in [1.807, 2.05) is 48.6 Å². The molecule has 0 aliphatic carbocycles. The van der Waals surface area contributed by atoms with E-state index in [1.165, 1.54) is 17.7 Å². The molecule has 0 fully saturated rings. The summed E-state index contributed by atoms with van der Waals surface area (Å²) >= 11 is 0. The monoisotopic (exact) mass is 525 g/mol. The minimum atomic E-state index is -3.83. The first-order valence-corrected chi connectivity index (χ1v) is 12.3. The Labute approximate surface area is 218 Å². The molecule has 4 nitrogen and oxygen atoms in total. The molecule has 0 saturated heterocycles. The second kappa shape index (κ2) is 10.8. The Hall–Kier alpha value is -3.60. The molecule has 5 aromatic rings. The van der Waals surface area contributed by atoms with E-state index in [0.29, 0.717) is 11.2 Å². The summed E-state index contributed by atoms with van der Waals surface area (Å²) in [6.07, 6.45) is 5.69. The zero-order chi connectivity index (χ0) is 23.4. The van der Waals surface area contributed by atoms with Crippen LogP contribution in [0.2, 0.25) is 0 Å². The molecule has 0 bridgehead atoms. The second-order valence-electron chi connectivity index (χ2n) is 7.77. The van der Waals surface area contributed by atoms with Gasteiger partial charge in [0.1, 0.15) is 10.0 Å². The van der Waals surface area contributed by atoms with Crippen molar-refractivity contribution in [3.63, 3.8) is 0 Å². The molecule has 35 heavy (non-hydrogen) atoms. The van der Waals surface area contributed by atoms with Gasteiger partial charge in [0.05, 0.1) is 10.4 Å². The summed E-state index contributed by atoms with van der Waals surface area (Å²) in [5.41, 5.74) is 5.22. The summed E-state index contributed by atoms with van der Waals surface area (Å²) in [5.74, 6) is 0. The maximum Gasteiger partial charge on any atom is 0.123 e. The van der Waals surface area contributed by atoms with Crippen LogP contribution >= 0.6 is 0 Å². The van der Waals surface area contributed by atoms with Crippen molar-refractivity contribution in [2.75, 3.05) is 0 Å². The summed E-state index contributed by atoms with van der Waals surface area (Å²) in [4.78, 5) is 4.58. The number of benzene rings is 4. The third-order valence-corrected chi connectivity index (χ3v) is 6.82. The molecule has 0 aliphatic heterocycles. The van der Waals surface area contributed by atoms with Crippen LogP contribution in [0.4, 0.5) is 5.69 Å². The van der Waals surface area contributed by atoms with E-state index in [0.717, 1.165) is 22.1 Å². The van der Waals surface area contributed by atoms with E-state index in [9.17, 15) is 8.42 Å². The molecule has 0 amide bonds. The van der Waals surface area contributed by atoms with Crippen LogP contribution in [0.3, 0.4) is 0 Å². The average molecular weight is 527 g/mol. The maximum absolute atomic E-state index is 12.8. The van der Waals surface area contributed by atoms with Gasteiger partial charge in [-0.3, -0.25) is 4.98 Å². The normalized spacial score (nSPS) is 11.3. The van der Waals surface area contributed by atoms with E-state index < -0.39 is 10.0 Å². The zero-order valence-electron chi connectivity index (χ0n) is 19.0. The van der Waals surface area contributed by atoms with Crippen LogP contribution in [0.1, 0.15) is 11.1 Å². The van der Waals surface area contributed by atoms with E-state index in [1.54, 1.807) is 30.5 Å². The number of hydrogen-bond acceptors (Lipinski definition) is 3. The fourth-order valence-electron chi connectivity index (χ4n) is 3.78. The summed E-state index contributed by atoms with van der Waals surface area (Å²) in [5, 5.41) is 0.837. The summed E-state index contributed by atoms with van der Waals surface area (Å²) in [6, 6.07) is 34.2. The zero-order valence-corrected chi connectivity index (χ0v) is 22.7. The van der Waals surface area contributed by atoms with Crippen LogP contribution in [0.15, 0.2) is 120 Å². The Morgan fingerprint density at radius 3 is 2.03 bits per heavy atom. The summed E-state index contributed by atoms with van der Waals surface area (Å²) < 4.78 is 29.6. The second-order valence-corrected chi connectivity index (χ2v) is 9.38. The van der Waals surface area contributed by atoms with Crippen LogP contribution in [-0.2, 0) is 29.5 Å². The van der Waals surface area contributed by atoms with Crippen molar-refractivity contribution in [2.24, 2.45) is 0 Å². The molecule has 1 aromatic heterocycles. The van der Waals surface area contributed by atoms with Gasteiger partial charge in [-0.1, -0.05) is 103 Å². The quantitative estimate of drug-likeness (QED) is 0.170. The molecule has 0 aliphatic rings. The van der Waals surface area contributed by atoms with Gasteiger partial charge in [-0.05, 0) is 40.5 Å². The van der Waals surface area contributed by atoms with Gasteiger partial charge in [-0.25, -0.2) is 8.42 Å². The number of aromatic nitrogens is 1. The Morgan fingerprint density at radius 1 is 0.657 bits per heavy atom. The molecule has 0 spiro atoms. The van der Waals surface area contributed by atoms with Gasteiger partial charge < -0.3 is 4.72 Å². The smallest absolute Gasteiger partial charge is 0.123 e. The molecular formula is C29H21N2O2SZn-. The summed E-state index contributed by atoms with van der Waals surface area (Å²) in [6.45, 7) is 0. The third-order valence-electron chi connectivity index (χ3n) is 5.51. The van der Waals surface area contributed by atoms with Gasteiger partial charge in [0.25, 0.3) is 0 Å². The molecule has 0 N–H and O–H groups in total. The van der Waals surface area contributed by atoms with E-state index in [2.05, 4.69) is 46.1 Å². The third kappa shape index (κ3) is 5.56. The van der Waals surface area contributed by atoms with Gasteiger partial charge in [0, 0.05) is 31.1 Å². The van der Waals surface area contributed by atoms with Crippen molar-refractivity contribution in [2.45, 2.75) is 4.90 Å². The van der Waals surface area contributed by atoms with Crippen molar-refractivity contribution in [3.05, 3.63) is 131 Å². The Kier molecular flexibility index (Phi) is 7.55. The van der Waals surface area contributed by atoms with Crippen molar-refractivity contribution in [1.82, 2.24) is 4.98 Å². The van der Waals surface area contributed by atoms with Gasteiger partial charge in [0.2, 0.25) is 0 Å². The molecule has 0 atom stereocenters. The van der Waals surface area contributed by atoms with E-state index >= 15 is 0 Å². The molecule has 0 saturated carbocycles. The average Bonchev–Trinajstić information content (AvgIpc) is 2.89. The van der Waals surface area contributed by atoms with Crippen molar-refractivity contribution in [1.29, 1.82) is 0 Å². The number of rotatable bonds is 6. The maximum atomic E-state index is 12.8. The van der Waals surface area contributed by atoms with Gasteiger partial charge in [0.15, 0.2) is 0 Å². The molecular weight excluding hydrogens is 506 g/mol. The van der Waals surface area contributed by atoms with Gasteiger partial charge in [-0.2, -0.15) is 0 Å². The van der Waals surface area contributed by atoms with Gasteiger partial charge >= 0.3 is 0 Å². The minimum absolute atomic E-state index is 0. The van der Waals surface area contributed by atoms with Crippen LogP contribution in [0.5, 0.6) is 0 Å². The first-order valence-electron chi connectivity index (χ1n) is 10.8. The van der Waals surface area contributed by atoms with Crippen molar-refractivity contribution < 1.29 is 27.9 Å². The molecule has 5 rings (SSSR count). The number of fused-ring (bicyclic) bond motifs is 1. The van der Waals surface area contributed by atoms with Crippen molar-refractivity contribution in [3.8, 4) is 11.1 Å². The van der Waals surface area contributed by atoms with Crippen LogP contribution in [0, 0.1) is 0 Å². The van der Waals surface area contributed by atoms with Crippen LogP contribution in [0.25, 0.3) is 38.9 Å². The fourth-order valence-corrected chi connectivity index (χ4v) is 4.79. The molecule has 0 radical (unpaired) electrons. The van der Waals surface area contributed by atoms with Crippen molar-refractivity contribution >= 4 is 38.8 Å². The number of hydrogen-bond donors (Lipinski definition) is 0.